The molecule has 0 atom stereocenters. The second-order valence-electron chi connectivity index (χ2n) is 20.1. The van der Waals surface area contributed by atoms with Gasteiger partial charge < -0.3 is 28.4 Å². The topological polar surface area (TPSA) is 144 Å². The van der Waals surface area contributed by atoms with E-state index in [4.69, 9.17) is 9.47 Å². The van der Waals surface area contributed by atoms with Gasteiger partial charge in [0.25, 0.3) is 0 Å². The SMILES string of the molecule is CC(C)CCn1cc(C2CCN(CCCOc3ccc(-c4nn[nH]n4)cc3)CC2)c2ccccc21.CC(C)CCn1cc(C2CCN(CCCOc3ccccc3-c3nn[nH]n3)CC2)c2ccccc21. The van der Waals surface area contributed by atoms with Crippen molar-refractivity contribution in [1.82, 2.24) is 60.2 Å². The number of rotatable bonds is 20. The molecule has 0 amide bonds. The van der Waals surface area contributed by atoms with Crippen LogP contribution < -0.4 is 9.47 Å². The number of hydrogen-bond donors (Lipinski definition) is 2. The van der Waals surface area contributed by atoms with Crippen LogP contribution in [0.3, 0.4) is 0 Å². The second-order valence-corrected chi connectivity index (χ2v) is 20.1. The third kappa shape index (κ3) is 12.5. The van der Waals surface area contributed by atoms with Crippen LogP contribution in [-0.4, -0.2) is 113 Å². The number of fused-ring (bicyclic) bond motifs is 2. The summed E-state index contributed by atoms with van der Waals surface area (Å²) in [5.41, 5.74) is 7.69. The van der Waals surface area contributed by atoms with Crippen LogP contribution in [0.4, 0.5) is 0 Å². The molecular weight excluding hydrogens is 873 g/mol. The number of benzene rings is 4. The molecule has 0 spiro atoms. The van der Waals surface area contributed by atoms with Crippen LogP contribution in [-0.2, 0) is 13.1 Å². The fraction of sp³-hybridized carbons (Fsp3) is 0.464. The van der Waals surface area contributed by atoms with Crippen LogP contribution in [0.2, 0.25) is 0 Å². The maximum absolute atomic E-state index is 6.08. The van der Waals surface area contributed by atoms with Crippen molar-refractivity contribution in [1.29, 1.82) is 0 Å². The first-order valence-electron chi connectivity index (χ1n) is 25.9. The van der Waals surface area contributed by atoms with Crippen molar-refractivity contribution in [3.8, 4) is 34.3 Å². The summed E-state index contributed by atoms with van der Waals surface area (Å²) in [7, 11) is 0. The Kier molecular flexibility index (Phi) is 16.6. The van der Waals surface area contributed by atoms with Crippen LogP contribution in [0.15, 0.2) is 109 Å². The van der Waals surface area contributed by atoms with Gasteiger partial charge in [0.05, 0.1) is 18.8 Å². The van der Waals surface area contributed by atoms with E-state index in [1.165, 1.54) is 60.3 Å². The number of nitrogens with one attached hydrogen (secondary N) is 2. The highest BCUT2D eigenvalue weighted by Crippen LogP contribution is 2.37. The normalized spacial score (nSPS) is 15.3. The molecule has 6 heterocycles. The number of aromatic amines is 2. The maximum atomic E-state index is 6.08. The Hall–Kier alpha value is -6.38. The van der Waals surface area contributed by atoms with Gasteiger partial charge in [0.2, 0.25) is 11.6 Å². The molecule has 0 saturated carbocycles. The van der Waals surface area contributed by atoms with Crippen LogP contribution in [0.25, 0.3) is 44.6 Å². The lowest BCUT2D eigenvalue weighted by Gasteiger charge is -2.32. The van der Waals surface area contributed by atoms with Gasteiger partial charge in [0.1, 0.15) is 11.5 Å². The lowest BCUT2D eigenvalue weighted by Crippen LogP contribution is -2.34. The highest BCUT2D eigenvalue weighted by atomic mass is 16.5. The molecule has 4 aromatic heterocycles. The summed E-state index contributed by atoms with van der Waals surface area (Å²) in [4.78, 5) is 5.18. The van der Waals surface area contributed by atoms with E-state index < -0.39 is 0 Å². The molecule has 4 aromatic carbocycles. The quantitative estimate of drug-likeness (QED) is 0.0709. The van der Waals surface area contributed by atoms with Gasteiger partial charge in [-0.1, -0.05) is 76.2 Å². The van der Waals surface area contributed by atoms with Crippen LogP contribution >= 0.6 is 0 Å². The number of likely N-dealkylation sites (tertiary alicyclic amines) is 2. The summed E-state index contributed by atoms with van der Waals surface area (Å²) in [6.07, 6.45) is 14.3. The monoisotopic (exact) mass is 945 g/mol. The third-order valence-corrected chi connectivity index (χ3v) is 14.3. The zero-order valence-electron chi connectivity index (χ0n) is 41.7. The molecule has 2 aliphatic heterocycles. The van der Waals surface area contributed by atoms with Crippen LogP contribution in [0.1, 0.15) is 102 Å². The van der Waals surface area contributed by atoms with E-state index in [0.717, 1.165) is 106 Å². The first kappa shape index (κ1) is 48.6. The molecule has 8 aromatic rings. The fourth-order valence-electron chi connectivity index (χ4n) is 10.3. The number of nitrogens with zero attached hydrogens (tertiary/aromatic N) is 10. The van der Waals surface area contributed by atoms with Gasteiger partial charge in [-0.15, -0.1) is 20.4 Å². The Balaban J connectivity index is 0.000000174. The van der Waals surface area contributed by atoms with Crippen LogP contribution in [0, 0.1) is 11.8 Å². The first-order chi connectivity index (χ1) is 34.4. The third-order valence-electron chi connectivity index (χ3n) is 14.3. The van der Waals surface area contributed by atoms with Gasteiger partial charge in [-0.3, -0.25) is 0 Å². The van der Waals surface area contributed by atoms with Crippen molar-refractivity contribution in [2.45, 2.75) is 104 Å². The lowest BCUT2D eigenvalue weighted by molar-refractivity contribution is 0.193. The summed E-state index contributed by atoms with van der Waals surface area (Å²) < 4.78 is 17.0. The predicted octanol–water partition coefficient (Wildman–Crippen LogP) is 11.0. The summed E-state index contributed by atoms with van der Waals surface area (Å²) in [5, 5.41) is 31.3. The van der Waals surface area contributed by atoms with Gasteiger partial charge in [-0.2, -0.15) is 10.4 Å². The molecule has 368 valence electrons. The minimum Gasteiger partial charge on any atom is -0.494 e. The fourth-order valence-corrected chi connectivity index (χ4v) is 10.3. The summed E-state index contributed by atoms with van der Waals surface area (Å²) >= 11 is 0. The molecule has 2 saturated heterocycles. The van der Waals surface area contributed by atoms with Crippen LogP contribution in [0.5, 0.6) is 11.5 Å². The molecule has 70 heavy (non-hydrogen) atoms. The summed E-state index contributed by atoms with van der Waals surface area (Å²) in [6, 6.07) is 33.6. The number of ether oxygens (including phenoxy) is 2. The molecule has 10 rings (SSSR count). The van der Waals surface area contributed by atoms with E-state index in [1.54, 1.807) is 11.1 Å². The van der Waals surface area contributed by atoms with Crippen molar-refractivity contribution >= 4 is 21.8 Å². The standard InChI is InChI=1S/2C28H36N6O/c1-21(2)12-18-34-20-25(23-8-3-5-10-26(23)34)22-13-16-33(17-14-22)15-7-19-35-27-11-6-4-9-24(27)28-29-31-32-30-28;1-21(2)12-18-34-20-26(25-6-3-4-7-27(25)34)22-13-16-33(17-14-22)15-5-19-35-24-10-8-23(9-11-24)28-29-31-32-30-28/h3-6,8-11,20-22H,7,12-19H2,1-2H3,(H,29,30,31,32);3-4,6-11,20-22H,5,12-19H2,1-2H3,(H,29,30,31,32). The summed E-state index contributed by atoms with van der Waals surface area (Å²) in [6.45, 7) is 19.6. The highest BCUT2D eigenvalue weighted by molar-refractivity contribution is 5.85. The minimum atomic E-state index is 0.563. The van der Waals surface area contributed by atoms with Gasteiger partial charge in [-0.25, -0.2) is 0 Å². The van der Waals surface area contributed by atoms with Gasteiger partial charge in [0, 0.05) is 65.9 Å². The largest absolute Gasteiger partial charge is 0.494 e. The Morgan fingerprint density at radius 1 is 0.543 bits per heavy atom. The van der Waals surface area contributed by atoms with E-state index in [2.05, 4.69) is 149 Å². The Morgan fingerprint density at radius 2 is 1.03 bits per heavy atom. The molecule has 0 aliphatic carbocycles. The van der Waals surface area contributed by atoms with E-state index >= 15 is 0 Å². The van der Waals surface area contributed by atoms with Gasteiger partial charge >= 0.3 is 0 Å². The minimum absolute atomic E-state index is 0.563. The number of tetrazole rings is 2. The Bertz CT molecular complexity index is 2780. The van der Waals surface area contributed by atoms with Gasteiger partial charge in [-0.05, 0) is 171 Å². The molecule has 2 N–H and O–H groups in total. The zero-order valence-corrected chi connectivity index (χ0v) is 41.7. The number of aryl methyl sites for hydroxylation is 2. The molecule has 2 aliphatic rings. The Morgan fingerprint density at radius 3 is 1.54 bits per heavy atom. The van der Waals surface area contributed by atoms with Crippen molar-refractivity contribution < 1.29 is 9.47 Å². The van der Waals surface area contributed by atoms with Crippen molar-refractivity contribution in [3.05, 3.63) is 121 Å². The van der Waals surface area contributed by atoms with Gasteiger partial charge in [0.15, 0.2) is 0 Å². The maximum Gasteiger partial charge on any atom is 0.208 e. The molecule has 14 nitrogen and oxygen atoms in total. The molecule has 0 radical (unpaired) electrons. The number of para-hydroxylation sites is 3. The zero-order chi connectivity index (χ0) is 48.1. The van der Waals surface area contributed by atoms with E-state index in [9.17, 15) is 0 Å². The molecule has 2 fully saturated rings. The number of hydrogen-bond acceptors (Lipinski definition) is 10. The molecule has 0 bridgehead atoms. The average Bonchev–Trinajstić information content (AvgIpc) is 4.25. The average molecular weight is 945 g/mol. The molecular formula is C56H72N12O2. The van der Waals surface area contributed by atoms with Crippen molar-refractivity contribution in [2.24, 2.45) is 11.8 Å². The molecule has 0 unspecified atom stereocenters. The first-order valence-corrected chi connectivity index (χ1v) is 25.9. The predicted molar refractivity (Wildman–Crippen MR) is 279 cm³/mol. The van der Waals surface area contributed by atoms with Crippen molar-refractivity contribution in [2.75, 3.05) is 52.5 Å². The number of piperidine rings is 2. The number of aromatic nitrogens is 10. The number of H-pyrrole nitrogens is 2. The Labute approximate surface area is 413 Å². The second kappa shape index (κ2) is 24.0. The highest BCUT2D eigenvalue weighted by Gasteiger charge is 2.25. The van der Waals surface area contributed by atoms with Crippen molar-refractivity contribution in [3.63, 3.8) is 0 Å². The van der Waals surface area contributed by atoms with E-state index in [0.29, 0.717) is 30.1 Å². The lowest BCUT2D eigenvalue weighted by atomic mass is 9.89. The summed E-state index contributed by atoms with van der Waals surface area (Å²) in [5.74, 6) is 5.60. The molecule has 14 heteroatoms. The van der Waals surface area contributed by atoms with E-state index in [-0.39, 0.29) is 0 Å². The smallest absolute Gasteiger partial charge is 0.208 e. The van der Waals surface area contributed by atoms with E-state index in [1.807, 2.05) is 48.5 Å².